The number of ether oxygens (including phenoxy) is 2. The maximum atomic E-state index is 11.2. The Balaban J connectivity index is 0.000000243. The molecule has 2 aromatic carbocycles. The summed E-state index contributed by atoms with van der Waals surface area (Å²) in [7, 11) is 2.90. The quantitative estimate of drug-likeness (QED) is 0.645. The van der Waals surface area contributed by atoms with Crippen LogP contribution in [-0.4, -0.2) is 36.5 Å². The Morgan fingerprint density at radius 1 is 1.00 bits per heavy atom. The van der Waals surface area contributed by atoms with Crippen LogP contribution in [0.15, 0.2) is 36.4 Å². The lowest BCUT2D eigenvalue weighted by Gasteiger charge is -2.04. The molecule has 6 nitrogen and oxygen atoms in total. The van der Waals surface area contributed by atoms with Gasteiger partial charge >= 0.3 is 0 Å². The summed E-state index contributed by atoms with van der Waals surface area (Å²) in [5, 5.41) is 18.4. The van der Waals surface area contributed by atoms with Crippen molar-refractivity contribution >= 4 is 12.1 Å². The molecule has 0 fully saturated rings. The van der Waals surface area contributed by atoms with E-state index in [4.69, 9.17) is 14.6 Å². The zero-order chi connectivity index (χ0) is 18.1. The van der Waals surface area contributed by atoms with E-state index in [1.54, 1.807) is 19.1 Å². The molecule has 0 heterocycles. The second kappa shape index (κ2) is 9.19. The molecule has 6 heteroatoms. The van der Waals surface area contributed by atoms with Gasteiger partial charge < -0.3 is 19.7 Å². The van der Waals surface area contributed by atoms with Crippen LogP contribution < -0.4 is 9.47 Å². The number of hydrogen-bond acceptors (Lipinski definition) is 6. The van der Waals surface area contributed by atoms with E-state index in [1.807, 2.05) is 0 Å². The van der Waals surface area contributed by atoms with Gasteiger partial charge in [-0.15, -0.1) is 0 Å². The third-order valence-electron chi connectivity index (χ3n) is 3.16. The van der Waals surface area contributed by atoms with Crippen molar-refractivity contribution in [2.75, 3.05) is 14.2 Å². The molecule has 2 rings (SSSR count). The smallest absolute Gasteiger partial charge is 0.162 e. The first-order valence-corrected chi connectivity index (χ1v) is 7.19. The minimum Gasteiger partial charge on any atom is -0.504 e. The monoisotopic (exact) mass is 332 g/mol. The van der Waals surface area contributed by atoms with Crippen LogP contribution in [0, 0.1) is 0 Å². The number of carbonyl (C=O) groups is 2. The van der Waals surface area contributed by atoms with Crippen LogP contribution in [0.4, 0.5) is 0 Å². The average molecular weight is 332 g/mol. The highest BCUT2D eigenvalue weighted by Crippen LogP contribution is 2.26. The summed E-state index contributed by atoms with van der Waals surface area (Å²) in [4.78, 5) is 21.5. The van der Waals surface area contributed by atoms with Gasteiger partial charge in [0.05, 0.1) is 14.2 Å². The molecule has 0 amide bonds. The minimum atomic E-state index is 0.00167. The van der Waals surface area contributed by atoms with Gasteiger partial charge in [-0.1, -0.05) is 6.92 Å². The lowest BCUT2D eigenvalue weighted by molar-refractivity contribution is 0.0987. The SMILES string of the molecule is CCC(=O)c1ccc(OC)c(O)c1.COc1cc(C=O)ccc1O. The zero-order valence-electron chi connectivity index (χ0n) is 13.8. The average Bonchev–Trinajstić information content (AvgIpc) is 2.61. The number of phenolic OH excluding ortho intramolecular Hbond substituents is 2. The predicted molar refractivity (Wildman–Crippen MR) is 89.3 cm³/mol. The number of benzene rings is 2. The molecule has 24 heavy (non-hydrogen) atoms. The van der Waals surface area contributed by atoms with Crippen molar-refractivity contribution in [1.29, 1.82) is 0 Å². The topological polar surface area (TPSA) is 93.1 Å². The van der Waals surface area contributed by atoms with Crippen molar-refractivity contribution in [1.82, 2.24) is 0 Å². The lowest BCUT2D eigenvalue weighted by atomic mass is 10.1. The number of aromatic hydroxyl groups is 2. The molecule has 0 spiro atoms. The Labute approximate surface area is 140 Å². The number of methoxy groups -OCH3 is 2. The fraction of sp³-hybridized carbons (Fsp3) is 0.222. The number of hydrogen-bond donors (Lipinski definition) is 2. The van der Waals surface area contributed by atoms with E-state index in [1.165, 1.54) is 38.5 Å². The molecular weight excluding hydrogens is 312 g/mol. The highest BCUT2D eigenvalue weighted by molar-refractivity contribution is 5.96. The van der Waals surface area contributed by atoms with E-state index in [9.17, 15) is 14.7 Å². The van der Waals surface area contributed by atoms with Crippen molar-refractivity contribution in [2.24, 2.45) is 0 Å². The second-order valence-electron chi connectivity index (χ2n) is 4.71. The van der Waals surface area contributed by atoms with Gasteiger partial charge in [0, 0.05) is 17.5 Å². The summed E-state index contributed by atoms with van der Waals surface area (Å²) >= 11 is 0. The molecule has 0 saturated heterocycles. The van der Waals surface area contributed by atoms with Gasteiger partial charge in [0.2, 0.25) is 0 Å². The highest BCUT2D eigenvalue weighted by Gasteiger charge is 2.07. The summed E-state index contributed by atoms with van der Waals surface area (Å²) in [6, 6.07) is 9.06. The van der Waals surface area contributed by atoms with Crippen molar-refractivity contribution < 1.29 is 29.3 Å². The molecule has 0 aliphatic rings. The van der Waals surface area contributed by atoms with Gasteiger partial charge in [0.15, 0.2) is 28.8 Å². The molecule has 0 unspecified atom stereocenters. The Morgan fingerprint density at radius 3 is 2.17 bits per heavy atom. The maximum Gasteiger partial charge on any atom is 0.162 e. The van der Waals surface area contributed by atoms with E-state index in [2.05, 4.69) is 0 Å². The number of carbonyl (C=O) groups excluding carboxylic acids is 2. The number of Topliss-reactive ketones (excluding diaryl/α,β-unsaturated/α-hetero) is 1. The fourth-order valence-corrected chi connectivity index (χ4v) is 1.84. The van der Waals surface area contributed by atoms with Crippen LogP contribution in [0.1, 0.15) is 34.1 Å². The van der Waals surface area contributed by atoms with Crippen molar-refractivity contribution in [3.63, 3.8) is 0 Å². The van der Waals surface area contributed by atoms with Crippen molar-refractivity contribution in [3.05, 3.63) is 47.5 Å². The molecule has 128 valence electrons. The Morgan fingerprint density at radius 2 is 1.67 bits per heavy atom. The van der Waals surface area contributed by atoms with E-state index < -0.39 is 0 Å². The van der Waals surface area contributed by atoms with Gasteiger partial charge in [-0.25, -0.2) is 0 Å². The minimum absolute atomic E-state index is 0.00167. The summed E-state index contributed by atoms with van der Waals surface area (Å²) in [5.74, 6) is 0.750. The zero-order valence-corrected chi connectivity index (χ0v) is 13.8. The van der Waals surface area contributed by atoms with Gasteiger partial charge in [-0.2, -0.15) is 0 Å². The Bertz CT molecular complexity index is 709. The van der Waals surface area contributed by atoms with E-state index >= 15 is 0 Å². The third-order valence-corrected chi connectivity index (χ3v) is 3.16. The van der Waals surface area contributed by atoms with Gasteiger partial charge in [0.1, 0.15) is 6.29 Å². The van der Waals surface area contributed by atoms with Crippen LogP contribution in [0.2, 0.25) is 0 Å². The van der Waals surface area contributed by atoms with Gasteiger partial charge in [-0.3, -0.25) is 9.59 Å². The van der Waals surface area contributed by atoms with Crippen LogP contribution in [0.25, 0.3) is 0 Å². The van der Waals surface area contributed by atoms with E-state index in [-0.39, 0.29) is 17.3 Å². The third kappa shape index (κ3) is 5.01. The summed E-state index contributed by atoms with van der Waals surface area (Å²) in [6.07, 6.45) is 1.13. The molecule has 0 aromatic heterocycles. The van der Waals surface area contributed by atoms with Gasteiger partial charge in [0.25, 0.3) is 0 Å². The normalized spacial score (nSPS) is 9.46. The molecule has 0 aliphatic carbocycles. The molecule has 2 aromatic rings. The fourth-order valence-electron chi connectivity index (χ4n) is 1.84. The molecule has 2 N–H and O–H groups in total. The summed E-state index contributed by atoms with van der Waals surface area (Å²) < 4.78 is 9.63. The van der Waals surface area contributed by atoms with Crippen LogP contribution >= 0.6 is 0 Å². The largest absolute Gasteiger partial charge is 0.504 e. The highest BCUT2D eigenvalue weighted by atomic mass is 16.5. The molecule has 0 saturated carbocycles. The standard InChI is InChI=1S/C10H12O3.C8H8O3/c1-3-8(11)7-4-5-10(13-2)9(12)6-7;1-11-8-4-6(5-9)2-3-7(8)10/h4-6,12H,3H2,1-2H3;2-5,10H,1H3. The van der Waals surface area contributed by atoms with Crippen molar-refractivity contribution in [3.8, 4) is 23.0 Å². The number of ketones is 1. The molecule has 0 bridgehead atoms. The summed E-state index contributed by atoms with van der Waals surface area (Å²) in [6.45, 7) is 1.78. The summed E-state index contributed by atoms with van der Waals surface area (Å²) in [5.41, 5.74) is 1.00. The van der Waals surface area contributed by atoms with Crippen LogP contribution in [-0.2, 0) is 0 Å². The number of phenols is 2. The number of aldehydes is 1. The first-order valence-electron chi connectivity index (χ1n) is 7.19. The Hall–Kier alpha value is -3.02. The molecule has 0 atom stereocenters. The van der Waals surface area contributed by atoms with E-state index in [0.29, 0.717) is 35.3 Å². The van der Waals surface area contributed by atoms with Crippen LogP contribution in [0.5, 0.6) is 23.0 Å². The molecular formula is C18H20O6. The van der Waals surface area contributed by atoms with Crippen LogP contribution in [0.3, 0.4) is 0 Å². The van der Waals surface area contributed by atoms with Gasteiger partial charge in [-0.05, 0) is 36.4 Å². The van der Waals surface area contributed by atoms with E-state index in [0.717, 1.165) is 0 Å². The first-order chi connectivity index (χ1) is 11.5. The maximum absolute atomic E-state index is 11.2. The molecule has 0 aliphatic heterocycles. The lowest BCUT2D eigenvalue weighted by Crippen LogP contribution is -1.96. The number of rotatable bonds is 5. The van der Waals surface area contributed by atoms with Crippen molar-refractivity contribution in [2.45, 2.75) is 13.3 Å². The Kier molecular flexibility index (Phi) is 7.29. The first kappa shape index (κ1) is 19.0. The molecule has 0 radical (unpaired) electrons. The predicted octanol–water partition coefficient (Wildman–Crippen LogP) is 3.21. The second-order valence-corrected chi connectivity index (χ2v) is 4.71.